The summed E-state index contributed by atoms with van der Waals surface area (Å²) in [5, 5.41) is 9.27. The normalized spacial score (nSPS) is 20.9. The molecule has 18 heavy (non-hydrogen) atoms. The number of piperidine rings is 1. The van der Waals surface area contributed by atoms with Crippen molar-refractivity contribution < 1.29 is 9.90 Å². The minimum Gasteiger partial charge on any atom is -0.480 e. The molecule has 1 saturated heterocycles. The largest absolute Gasteiger partial charge is 0.480 e. The van der Waals surface area contributed by atoms with E-state index in [1.165, 1.54) is 16.7 Å². The van der Waals surface area contributed by atoms with Gasteiger partial charge in [0.05, 0.1) is 0 Å². The van der Waals surface area contributed by atoms with Gasteiger partial charge in [-0.15, -0.1) is 0 Å². The molecule has 1 aliphatic heterocycles. The Morgan fingerprint density at radius 1 is 1.39 bits per heavy atom. The fourth-order valence-electron chi connectivity index (χ4n) is 2.66. The van der Waals surface area contributed by atoms with E-state index in [-0.39, 0.29) is 6.04 Å². The van der Waals surface area contributed by atoms with Crippen LogP contribution in [0, 0.1) is 13.8 Å². The van der Waals surface area contributed by atoms with E-state index in [2.05, 4.69) is 36.9 Å². The van der Waals surface area contributed by atoms with Gasteiger partial charge in [0, 0.05) is 6.54 Å². The lowest BCUT2D eigenvalue weighted by molar-refractivity contribution is -0.144. The van der Waals surface area contributed by atoms with Gasteiger partial charge in [-0.1, -0.05) is 24.6 Å². The monoisotopic (exact) mass is 247 g/mol. The molecule has 0 bridgehead atoms. The number of likely N-dealkylation sites (tertiary alicyclic amines) is 1. The zero-order chi connectivity index (χ0) is 13.1. The second kappa shape index (κ2) is 5.53. The molecule has 0 amide bonds. The van der Waals surface area contributed by atoms with E-state index >= 15 is 0 Å². The van der Waals surface area contributed by atoms with Crippen LogP contribution >= 0.6 is 0 Å². The Bertz CT molecular complexity index is 442. The Hall–Kier alpha value is -1.35. The van der Waals surface area contributed by atoms with Gasteiger partial charge >= 0.3 is 5.97 Å². The Labute approximate surface area is 108 Å². The number of carboxylic acids is 1. The number of rotatable bonds is 3. The van der Waals surface area contributed by atoms with E-state index < -0.39 is 5.97 Å². The maximum atomic E-state index is 11.3. The van der Waals surface area contributed by atoms with Gasteiger partial charge in [0.2, 0.25) is 0 Å². The molecule has 1 aromatic rings. The fraction of sp³-hybridized carbons (Fsp3) is 0.533. The zero-order valence-corrected chi connectivity index (χ0v) is 11.1. The molecule has 1 heterocycles. The molecule has 98 valence electrons. The topological polar surface area (TPSA) is 40.5 Å². The van der Waals surface area contributed by atoms with Crippen LogP contribution in [-0.4, -0.2) is 28.6 Å². The molecule has 1 N–H and O–H groups in total. The number of carboxylic acid groups (broad SMARTS) is 1. The summed E-state index contributed by atoms with van der Waals surface area (Å²) >= 11 is 0. The first kappa shape index (κ1) is 13.1. The first-order valence-electron chi connectivity index (χ1n) is 6.61. The van der Waals surface area contributed by atoms with Crippen molar-refractivity contribution in [2.24, 2.45) is 0 Å². The van der Waals surface area contributed by atoms with Crippen molar-refractivity contribution in [2.75, 3.05) is 6.54 Å². The summed E-state index contributed by atoms with van der Waals surface area (Å²) in [6, 6.07) is 5.95. The fourth-order valence-corrected chi connectivity index (χ4v) is 2.66. The van der Waals surface area contributed by atoms with Crippen LogP contribution in [0.2, 0.25) is 0 Å². The highest BCUT2D eigenvalue weighted by atomic mass is 16.4. The molecule has 0 aromatic heterocycles. The van der Waals surface area contributed by atoms with E-state index in [9.17, 15) is 9.90 Å². The average molecular weight is 247 g/mol. The maximum absolute atomic E-state index is 11.3. The number of aliphatic carboxylic acids is 1. The van der Waals surface area contributed by atoms with Crippen molar-refractivity contribution in [1.29, 1.82) is 0 Å². The summed E-state index contributed by atoms with van der Waals surface area (Å²) in [5.74, 6) is -0.681. The van der Waals surface area contributed by atoms with Gasteiger partial charge in [0.25, 0.3) is 0 Å². The number of benzene rings is 1. The maximum Gasteiger partial charge on any atom is 0.320 e. The van der Waals surface area contributed by atoms with E-state index in [1.54, 1.807) is 0 Å². The highest BCUT2D eigenvalue weighted by Crippen LogP contribution is 2.22. The average Bonchev–Trinajstić information content (AvgIpc) is 2.35. The molecule has 3 nitrogen and oxygen atoms in total. The van der Waals surface area contributed by atoms with Crippen molar-refractivity contribution in [3.63, 3.8) is 0 Å². The summed E-state index contributed by atoms with van der Waals surface area (Å²) < 4.78 is 0. The SMILES string of the molecule is Cc1cccc(CN2CCCCC2C(=O)O)c1C. The lowest BCUT2D eigenvalue weighted by atomic mass is 9.98. The molecule has 0 saturated carbocycles. The molecule has 1 aliphatic rings. The van der Waals surface area contributed by atoms with Gasteiger partial charge in [-0.2, -0.15) is 0 Å². The summed E-state index contributed by atoms with van der Waals surface area (Å²) in [6.45, 7) is 5.86. The molecular formula is C15H21NO2. The minimum absolute atomic E-state index is 0.307. The van der Waals surface area contributed by atoms with Crippen LogP contribution in [0.1, 0.15) is 36.0 Å². The number of hydrogen-bond acceptors (Lipinski definition) is 2. The first-order valence-corrected chi connectivity index (χ1v) is 6.61. The summed E-state index contributed by atoms with van der Waals surface area (Å²) in [4.78, 5) is 13.4. The smallest absolute Gasteiger partial charge is 0.320 e. The molecule has 2 rings (SSSR count). The minimum atomic E-state index is -0.681. The molecule has 1 fully saturated rings. The van der Waals surface area contributed by atoms with Crippen LogP contribution in [0.3, 0.4) is 0 Å². The molecule has 1 atom stereocenters. The molecule has 0 radical (unpaired) electrons. The summed E-state index contributed by atoms with van der Waals surface area (Å²) in [6.07, 6.45) is 2.91. The summed E-state index contributed by atoms with van der Waals surface area (Å²) in [5.41, 5.74) is 3.81. The van der Waals surface area contributed by atoms with Gasteiger partial charge in [0.1, 0.15) is 6.04 Å². The molecule has 0 spiro atoms. The predicted octanol–water partition coefficient (Wildman–Crippen LogP) is 2.74. The van der Waals surface area contributed by atoms with Crippen molar-refractivity contribution in [1.82, 2.24) is 4.90 Å². The van der Waals surface area contributed by atoms with Crippen molar-refractivity contribution in [2.45, 2.75) is 45.7 Å². The van der Waals surface area contributed by atoms with E-state index in [4.69, 9.17) is 0 Å². The highest BCUT2D eigenvalue weighted by molar-refractivity contribution is 5.73. The number of nitrogens with zero attached hydrogens (tertiary/aromatic N) is 1. The zero-order valence-electron chi connectivity index (χ0n) is 11.1. The van der Waals surface area contributed by atoms with Crippen LogP contribution in [0.25, 0.3) is 0 Å². The van der Waals surface area contributed by atoms with Crippen LogP contribution in [0.15, 0.2) is 18.2 Å². The molecule has 3 heteroatoms. The van der Waals surface area contributed by atoms with Crippen LogP contribution in [-0.2, 0) is 11.3 Å². The first-order chi connectivity index (χ1) is 8.59. The van der Waals surface area contributed by atoms with E-state index in [0.29, 0.717) is 0 Å². The lowest BCUT2D eigenvalue weighted by Crippen LogP contribution is -2.44. The third-order valence-corrected chi connectivity index (χ3v) is 3.99. The molecule has 1 unspecified atom stereocenters. The molecular weight excluding hydrogens is 226 g/mol. The number of hydrogen-bond donors (Lipinski definition) is 1. The standard InChI is InChI=1S/C15H21NO2/c1-11-6-5-7-13(12(11)2)10-16-9-4-3-8-14(16)15(17)18/h5-7,14H,3-4,8-10H2,1-2H3,(H,17,18). The van der Waals surface area contributed by atoms with E-state index in [0.717, 1.165) is 32.4 Å². The van der Waals surface area contributed by atoms with Crippen LogP contribution in [0.4, 0.5) is 0 Å². The van der Waals surface area contributed by atoms with Crippen molar-refractivity contribution >= 4 is 5.97 Å². The number of aryl methyl sites for hydroxylation is 1. The van der Waals surface area contributed by atoms with Gasteiger partial charge < -0.3 is 5.11 Å². The number of carbonyl (C=O) groups is 1. The molecule has 1 aromatic carbocycles. The van der Waals surface area contributed by atoms with Gasteiger partial charge in [-0.3, -0.25) is 9.69 Å². The van der Waals surface area contributed by atoms with Crippen LogP contribution in [0.5, 0.6) is 0 Å². The van der Waals surface area contributed by atoms with Gasteiger partial charge in [-0.25, -0.2) is 0 Å². The Kier molecular flexibility index (Phi) is 4.02. The summed E-state index contributed by atoms with van der Waals surface area (Å²) in [7, 11) is 0. The van der Waals surface area contributed by atoms with Gasteiger partial charge in [0.15, 0.2) is 0 Å². The van der Waals surface area contributed by atoms with E-state index in [1.807, 2.05) is 0 Å². The molecule has 0 aliphatic carbocycles. The third kappa shape index (κ3) is 2.72. The quantitative estimate of drug-likeness (QED) is 0.892. The highest BCUT2D eigenvalue weighted by Gasteiger charge is 2.28. The second-order valence-electron chi connectivity index (χ2n) is 5.18. The van der Waals surface area contributed by atoms with Crippen LogP contribution < -0.4 is 0 Å². The third-order valence-electron chi connectivity index (χ3n) is 3.99. The Morgan fingerprint density at radius 3 is 2.89 bits per heavy atom. The van der Waals surface area contributed by atoms with Gasteiger partial charge in [-0.05, 0) is 49.9 Å². The Morgan fingerprint density at radius 2 is 2.17 bits per heavy atom. The van der Waals surface area contributed by atoms with Crippen molar-refractivity contribution in [3.05, 3.63) is 34.9 Å². The lowest BCUT2D eigenvalue weighted by Gasteiger charge is -2.33. The predicted molar refractivity (Wildman–Crippen MR) is 71.6 cm³/mol. The Balaban J connectivity index is 2.16. The second-order valence-corrected chi connectivity index (χ2v) is 5.18. The van der Waals surface area contributed by atoms with Crippen molar-refractivity contribution in [3.8, 4) is 0 Å².